The van der Waals surface area contributed by atoms with E-state index in [0.29, 0.717) is 27.2 Å². The first kappa shape index (κ1) is 23.2. The zero-order valence-corrected chi connectivity index (χ0v) is 19.8. The van der Waals surface area contributed by atoms with Crippen molar-refractivity contribution in [2.24, 2.45) is 0 Å². The van der Waals surface area contributed by atoms with Crippen molar-refractivity contribution in [1.29, 1.82) is 5.26 Å². The Morgan fingerprint density at radius 1 is 1.29 bits per heavy atom. The molecule has 0 radical (unpaired) electrons. The summed E-state index contributed by atoms with van der Waals surface area (Å²) in [4.78, 5) is 15.1. The van der Waals surface area contributed by atoms with E-state index in [0.717, 1.165) is 25.1 Å². The fourth-order valence-corrected chi connectivity index (χ4v) is 4.73. The van der Waals surface area contributed by atoms with E-state index in [4.69, 9.17) is 23.2 Å². The second kappa shape index (κ2) is 9.34. The molecule has 1 unspecified atom stereocenters. The third-order valence-electron chi connectivity index (χ3n) is 5.74. The van der Waals surface area contributed by atoms with Crippen molar-refractivity contribution in [3.63, 3.8) is 0 Å². The van der Waals surface area contributed by atoms with Gasteiger partial charge in [-0.3, -0.25) is 4.79 Å². The van der Waals surface area contributed by atoms with E-state index in [1.807, 2.05) is 18.2 Å². The molecule has 0 saturated carbocycles. The minimum Gasteiger partial charge on any atom is -0.366 e. The Kier molecular flexibility index (Phi) is 6.99. The topological polar surface area (TPSA) is 56.1 Å². The lowest BCUT2D eigenvalue weighted by atomic mass is 9.79. The van der Waals surface area contributed by atoms with Crippen LogP contribution in [0.3, 0.4) is 0 Å². The molecule has 1 aliphatic heterocycles. The number of para-hydroxylation sites is 1. The van der Waals surface area contributed by atoms with Gasteiger partial charge in [0, 0.05) is 22.8 Å². The highest BCUT2D eigenvalue weighted by Gasteiger charge is 2.36. The summed E-state index contributed by atoms with van der Waals surface area (Å²) in [5.74, 6) is -0.184. The molecule has 0 spiro atoms. The Morgan fingerprint density at radius 3 is 2.65 bits per heavy atom. The molecular weight excluding hydrogens is 429 g/mol. The average molecular weight is 456 g/mol. The molecule has 1 N–H and O–H groups in total. The van der Waals surface area contributed by atoms with E-state index in [2.05, 4.69) is 37.9 Å². The van der Waals surface area contributed by atoms with Crippen molar-refractivity contribution in [1.82, 2.24) is 0 Å². The Balaban J connectivity index is 1.98. The van der Waals surface area contributed by atoms with Crippen LogP contribution in [0.1, 0.15) is 57.6 Å². The zero-order valence-electron chi connectivity index (χ0n) is 18.3. The van der Waals surface area contributed by atoms with Gasteiger partial charge >= 0.3 is 0 Å². The first-order chi connectivity index (χ1) is 14.7. The van der Waals surface area contributed by atoms with Gasteiger partial charge in [-0.25, -0.2) is 0 Å². The lowest BCUT2D eigenvalue weighted by Gasteiger charge is -2.47. The fourth-order valence-electron chi connectivity index (χ4n) is 4.33. The summed E-state index contributed by atoms with van der Waals surface area (Å²) in [7, 11) is 0. The van der Waals surface area contributed by atoms with Gasteiger partial charge < -0.3 is 10.2 Å². The highest BCUT2D eigenvalue weighted by molar-refractivity contribution is 6.34. The summed E-state index contributed by atoms with van der Waals surface area (Å²) < 4.78 is 0. The van der Waals surface area contributed by atoms with Crippen molar-refractivity contribution in [3.05, 3.63) is 63.1 Å². The van der Waals surface area contributed by atoms with E-state index in [1.165, 1.54) is 5.56 Å². The number of nitriles is 1. The lowest BCUT2D eigenvalue weighted by Crippen LogP contribution is -2.48. The molecule has 31 heavy (non-hydrogen) atoms. The number of hydrogen-bond acceptors (Lipinski definition) is 3. The quantitative estimate of drug-likeness (QED) is 0.388. The number of benzene rings is 2. The summed E-state index contributed by atoms with van der Waals surface area (Å²) in [5, 5.41) is 13.2. The second-order valence-corrected chi connectivity index (χ2v) is 9.42. The molecule has 4 nitrogen and oxygen atoms in total. The molecule has 0 fully saturated rings. The molecule has 2 aromatic rings. The van der Waals surface area contributed by atoms with Crippen LogP contribution >= 0.6 is 23.2 Å². The summed E-state index contributed by atoms with van der Waals surface area (Å²) in [6.45, 7) is 9.85. The number of nitrogens with one attached hydrogen (secondary N) is 1. The standard InChI is InChI=1S/C25H27Cl2N3O/c1-5-10-30-23-13-21(27)17(12-19(23)16(2)14-25(30,3)4)11-18(15-28)24(31)29-22-9-7-6-8-20(22)26/h6-9,11-13,16H,5,10,14H2,1-4H3,(H,29,31)/b18-11+. The van der Waals surface area contributed by atoms with Gasteiger partial charge in [0.15, 0.2) is 0 Å². The number of rotatable bonds is 5. The van der Waals surface area contributed by atoms with Gasteiger partial charge in [-0.15, -0.1) is 0 Å². The number of nitrogens with zero attached hydrogens (tertiary/aromatic N) is 2. The number of anilines is 2. The lowest BCUT2D eigenvalue weighted by molar-refractivity contribution is -0.112. The van der Waals surface area contributed by atoms with Crippen LogP contribution < -0.4 is 10.2 Å². The van der Waals surface area contributed by atoms with Crippen LogP contribution in [0, 0.1) is 11.3 Å². The summed E-state index contributed by atoms with van der Waals surface area (Å²) in [6.07, 6.45) is 3.60. The van der Waals surface area contributed by atoms with Gasteiger partial charge in [0.05, 0.1) is 10.7 Å². The van der Waals surface area contributed by atoms with Crippen LogP contribution in [-0.4, -0.2) is 18.0 Å². The first-order valence-electron chi connectivity index (χ1n) is 10.5. The number of carbonyl (C=O) groups is 1. The minimum absolute atomic E-state index is 0.0315. The molecule has 1 heterocycles. The number of hydrogen-bond donors (Lipinski definition) is 1. The van der Waals surface area contributed by atoms with Gasteiger partial charge in [-0.05, 0) is 74.1 Å². The smallest absolute Gasteiger partial charge is 0.266 e. The molecule has 0 saturated heterocycles. The number of fused-ring (bicyclic) bond motifs is 1. The highest BCUT2D eigenvalue weighted by Crippen LogP contribution is 2.45. The van der Waals surface area contributed by atoms with Gasteiger partial charge in [0.25, 0.3) is 5.91 Å². The van der Waals surface area contributed by atoms with Gasteiger partial charge in [0.1, 0.15) is 11.6 Å². The molecule has 2 aromatic carbocycles. The van der Waals surface area contributed by atoms with Gasteiger partial charge in [-0.2, -0.15) is 5.26 Å². The molecule has 3 rings (SSSR count). The van der Waals surface area contributed by atoms with E-state index < -0.39 is 5.91 Å². The summed E-state index contributed by atoms with van der Waals surface area (Å²) in [6, 6.07) is 12.9. The highest BCUT2D eigenvalue weighted by atomic mass is 35.5. The van der Waals surface area contributed by atoms with Crippen LogP contribution in [0.2, 0.25) is 10.0 Å². The monoisotopic (exact) mass is 455 g/mol. The molecular formula is C25H27Cl2N3O. The maximum Gasteiger partial charge on any atom is 0.266 e. The van der Waals surface area contributed by atoms with Crippen molar-refractivity contribution in [3.8, 4) is 6.07 Å². The van der Waals surface area contributed by atoms with E-state index >= 15 is 0 Å². The normalized spacial score (nSPS) is 17.6. The van der Waals surface area contributed by atoms with Crippen molar-refractivity contribution < 1.29 is 4.79 Å². The van der Waals surface area contributed by atoms with Crippen LogP contribution in [0.25, 0.3) is 6.08 Å². The predicted octanol–water partition coefficient (Wildman–Crippen LogP) is 7.04. The third kappa shape index (κ3) is 4.89. The number of carbonyl (C=O) groups excluding carboxylic acids is 1. The van der Waals surface area contributed by atoms with Crippen LogP contribution in [0.15, 0.2) is 42.0 Å². The van der Waals surface area contributed by atoms with Gasteiger partial charge in [0.2, 0.25) is 0 Å². The molecule has 6 heteroatoms. The Hall–Kier alpha value is -2.48. The summed E-state index contributed by atoms with van der Waals surface area (Å²) in [5.41, 5.74) is 3.44. The van der Waals surface area contributed by atoms with Crippen molar-refractivity contribution >= 4 is 46.6 Å². The Bertz CT molecular complexity index is 1070. The molecule has 0 aliphatic carbocycles. The number of halogens is 2. The molecule has 162 valence electrons. The Labute approximate surface area is 194 Å². The number of amides is 1. The van der Waals surface area contributed by atoms with E-state index in [-0.39, 0.29) is 11.1 Å². The zero-order chi connectivity index (χ0) is 22.8. The first-order valence-corrected chi connectivity index (χ1v) is 11.2. The molecule has 1 aliphatic rings. The van der Waals surface area contributed by atoms with Crippen molar-refractivity contribution in [2.45, 2.75) is 52.0 Å². The fraction of sp³-hybridized carbons (Fsp3) is 0.360. The van der Waals surface area contributed by atoms with E-state index in [1.54, 1.807) is 30.3 Å². The molecule has 0 aromatic heterocycles. The maximum absolute atomic E-state index is 12.7. The largest absolute Gasteiger partial charge is 0.366 e. The van der Waals surface area contributed by atoms with Crippen LogP contribution in [-0.2, 0) is 4.79 Å². The second-order valence-electron chi connectivity index (χ2n) is 8.61. The summed E-state index contributed by atoms with van der Waals surface area (Å²) >= 11 is 12.7. The molecule has 0 bridgehead atoms. The SMILES string of the molecule is CCCN1c2cc(Cl)c(/C=C(\C#N)C(=O)Nc3ccccc3Cl)cc2C(C)CC1(C)C. The third-order valence-corrected chi connectivity index (χ3v) is 6.40. The minimum atomic E-state index is -0.522. The molecule has 1 amide bonds. The van der Waals surface area contributed by atoms with Crippen molar-refractivity contribution in [2.75, 3.05) is 16.8 Å². The maximum atomic E-state index is 12.7. The van der Waals surface area contributed by atoms with Gasteiger partial charge in [-0.1, -0.05) is 49.2 Å². The Morgan fingerprint density at radius 2 is 2.00 bits per heavy atom. The predicted molar refractivity (Wildman–Crippen MR) is 130 cm³/mol. The molecule has 1 atom stereocenters. The van der Waals surface area contributed by atoms with Crippen LogP contribution in [0.4, 0.5) is 11.4 Å². The van der Waals surface area contributed by atoms with Crippen LogP contribution in [0.5, 0.6) is 0 Å². The average Bonchev–Trinajstić information content (AvgIpc) is 2.71. The van der Waals surface area contributed by atoms with E-state index in [9.17, 15) is 10.1 Å².